The molecule has 1 N–H and O–H groups in total. The first-order valence-corrected chi connectivity index (χ1v) is 7.52. The summed E-state index contributed by atoms with van der Waals surface area (Å²) in [6, 6.07) is 17.9. The SMILES string of the molecule is CCCCN1C(=O)c2ccccc2[C@@H]1Nc1ccccc1. The lowest BCUT2D eigenvalue weighted by atomic mass is 10.1. The van der Waals surface area contributed by atoms with E-state index < -0.39 is 0 Å². The second-order valence-corrected chi connectivity index (χ2v) is 5.35. The van der Waals surface area contributed by atoms with Gasteiger partial charge >= 0.3 is 0 Å². The number of para-hydroxylation sites is 1. The summed E-state index contributed by atoms with van der Waals surface area (Å²) in [5.74, 6) is 0.132. The highest BCUT2D eigenvalue weighted by molar-refractivity contribution is 5.99. The van der Waals surface area contributed by atoms with Crippen LogP contribution in [0.5, 0.6) is 0 Å². The first-order chi connectivity index (χ1) is 10.3. The molecule has 0 saturated heterocycles. The quantitative estimate of drug-likeness (QED) is 0.896. The van der Waals surface area contributed by atoms with E-state index >= 15 is 0 Å². The zero-order chi connectivity index (χ0) is 14.7. The van der Waals surface area contributed by atoms with Crippen molar-refractivity contribution in [3.05, 3.63) is 65.7 Å². The van der Waals surface area contributed by atoms with Crippen LogP contribution in [0.1, 0.15) is 41.9 Å². The Morgan fingerprint density at radius 3 is 2.52 bits per heavy atom. The lowest BCUT2D eigenvalue weighted by molar-refractivity contribution is 0.0740. The molecule has 1 atom stereocenters. The number of carbonyl (C=O) groups excluding carboxylic acids is 1. The molecule has 0 aromatic heterocycles. The predicted octanol–water partition coefficient (Wildman–Crippen LogP) is 4.05. The molecule has 0 aliphatic carbocycles. The van der Waals surface area contributed by atoms with Gasteiger partial charge in [0.05, 0.1) is 0 Å². The van der Waals surface area contributed by atoms with Gasteiger partial charge in [-0.25, -0.2) is 0 Å². The van der Waals surface area contributed by atoms with Crippen molar-refractivity contribution in [2.24, 2.45) is 0 Å². The molecule has 0 bridgehead atoms. The Morgan fingerprint density at radius 2 is 1.76 bits per heavy atom. The zero-order valence-corrected chi connectivity index (χ0v) is 12.3. The maximum Gasteiger partial charge on any atom is 0.256 e. The Bertz CT molecular complexity index is 624. The molecule has 1 heterocycles. The van der Waals surface area contributed by atoms with E-state index in [2.05, 4.69) is 12.2 Å². The summed E-state index contributed by atoms with van der Waals surface area (Å²) in [6.07, 6.45) is 2.04. The topological polar surface area (TPSA) is 32.3 Å². The molecule has 3 rings (SSSR count). The average Bonchev–Trinajstić information content (AvgIpc) is 2.79. The predicted molar refractivity (Wildman–Crippen MR) is 85.2 cm³/mol. The smallest absolute Gasteiger partial charge is 0.256 e. The third-order valence-electron chi connectivity index (χ3n) is 3.89. The summed E-state index contributed by atoms with van der Waals surface area (Å²) in [6.45, 7) is 2.93. The van der Waals surface area contributed by atoms with Crippen LogP contribution in [0.2, 0.25) is 0 Å². The van der Waals surface area contributed by atoms with Crippen LogP contribution >= 0.6 is 0 Å². The Labute approximate surface area is 125 Å². The van der Waals surface area contributed by atoms with E-state index in [0.717, 1.165) is 36.2 Å². The number of nitrogens with zero attached hydrogens (tertiary/aromatic N) is 1. The van der Waals surface area contributed by atoms with Crippen molar-refractivity contribution in [1.29, 1.82) is 0 Å². The molecule has 1 amide bonds. The fraction of sp³-hybridized carbons (Fsp3) is 0.278. The molecule has 3 nitrogen and oxygen atoms in total. The Kier molecular flexibility index (Phi) is 3.91. The van der Waals surface area contributed by atoms with Crippen molar-refractivity contribution >= 4 is 11.6 Å². The van der Waals surface area contributed by atoms with Gasteiger partial charge in [-0.15, -0.1) is 0 Å². The van der Waals surface area contributed by atoms with E-state index in [9.17, 15) is 4.79 Å². The van der Waals surface area contributed by atoms with Crippen LogP contribution in [-0.2, 0) is 0 Å². The fourth-order valence-electron chi connectivity index (χ4n) is 2.78. The van der Waals surface area contributed by atoms with Crippen LogP contribution in [0.15, 0.2) is 54.6 Å². The van der Waals surface area contributed by atoms with Crippen molar-refractivity contribution in [3.8, 4) is 0 Å². The van der Waals surface area contributed by atoms with Gasteiger partial charge in [0.1, 0.15) is 6.17 Å². The molecule has 1 aliphatic heterocycles. The monoisotopic (exact) mass is 280 g/mol. The van der Waals surface area contributed by atoms with Crippen molar-refractivity contribution in [2.75, 3.05) is 11.9 Å². The van der Waals surface area contributed by atoms with Gasteiger partial charge in [-0.3, -0.25) is 4.79 Å². The minimum absolute atomic E-state index is 0.0670. The number of anilines is 1. The second-order valence-electron chi connectivity index (χ2n) is 5.35. The van der Waals surface area contributed by atoms with E-state index in [4.69, 9.17) is 0 Å². The lowest BCUT2D eigenvalue weighted by Gasteiger charge is -2.27. The van der Waals surface area contributed by atoms with Crippen LogP contribution in [0.25, 0.3) is 0 Å². The fourth-order valence-corrected chi connectivity index (χ4v) is 2.78. The van der Waals surface area contributed by atoms with Crippen LogP contribution in [0, 0.1) is 0 Å². The van der Waals surface area contributed by atoms with Gasteiger partial charge in [-0.2, -0.15) is 0 Å². The van der Waals surface area contributed by atoms with Crippen LogP contribution < -0.4 is 5.32 Å². The molecule has 0 fully saturated rings. The molecule has 0 spiro atoms. The van der Waals surface area contributed by atoms with Crippen LogP contribution in [-0.4, -0.2) is 17.4 Å². The minimum Gasteiger partial charge on any atom is -0.361 e. The summed E-state index contributed by atoms with van der Waals surface area (Å²) in [4.78, 5) is 14.5. The van der Waals surface area contributed by atoms with E-state index in [-0.39, 0.29) is 12.1 Å². The molecule has 0 saturated carbocycles. The van der Waals surface area contributed by atoms with Crippen molar-refractivity contribution in [2.45, 2.75) is 25.9 Å². The molecular formula is C18H20N2O. The largest absolute Gasteiger partial charge is 0.361 e. The number of fused-ring (bicyclic) bond motifs is 1. The second kappa shape index (κ2) is 6.00. The van der Waals surface area contributed by atoms with Crippen molar-refractivity contribution in [1.82, 2.24) is 4.90 Å². The molecule has 2 aromatic carbocycles. The highest BCUT2D eigenvalue weighted by Gasteiger charge is 2.35. The molecule has 21 heavy (non-hydrogen) atoms. The maximum atomic E-state index is 12.6. The first kappa shape index (κ1) is 13.7. The summed E-state index contributed by atoms with van der Waals surface area (Å²) < 4.78 is 0. The number of hydrogen-bond donors (Lipinski definition) is 1. The van der Waals surface area contributed by atoms with Gasteiger partial charge in [-0.1, -0.05) is 49.7 Å². The van der Waals surface area contributed by atoms with Crippen LogP contribution in [0.4, 0.5) is 5.69 Å². The molecule has 0 radical (unpaired) electrons. The molecule has 0 unspecified atom stereocenters. The lowest BCUT2D eigenvalue weighted by Crippen LogP contribution is -2.33. The van der Waals surface area contributed by atoms with Crippen molar-refractivity contribution < 1.29 is 4.79 Å². The molecule has 108 valence electrons. The highest BCUT2D eigenvalue weighted by atomic mass is 16.2. The van der Waals surface area contributed by atoms with E-state index in [1.807, 2.05) is 59.5 Å². The number of rotatable bonds is 5. The van der Waals surface area contributed by atoms with Gasteiger partial charge in [0.15, 0.2) is 0 Å². The minimum atomic E-state index is -0.0670. The van der Waals surface area contributed by atoms with Crippen molar-refractivity contribution in [3.63, 3.8) is 0 Å². The Hall–Kier alpha value is -2.29. The average molecular weight is 280 g/mol. The highest BCUT2D eigenvalue weighted by Crippen LogP contribution is 2.34. The third-order valence-corrected chi connectivity index (χ3v) is 3.89. The van der Waals surface area contributed by atoms with Gasteiger partial charge in [0, 0.05) is 23.4 Å². The maximum absolute atomic E-state index is 12.6. The number of carbonyl (C=O) groups is 1. The zero-order valence-electron chi connectivity index (χ0n) is 12.3. The van der Waals surface area contributed by atoms with E-state index in [1.54, 1.807) is 0 Å². The number of unbranched alkanes of at least 4 members (excludes halogenated alkanes) is 1. The van der Waals surface area contributed by atoms with Gasteiger partial charge in [-0.05, 0) is 24.6 Å². The van der Waals surface area contributed by atoms with Crippen LogP contribution in [0.3, 0.4) is 0 Å². The summed E-state index contributed by atoms with van der Waals surface area (Å²) >= 11 is 0. The summed E-state index contributed by atoms with van der Waals surface area (Å²) in [5.41, 5.74) is 2.93. The Morgan fingerprint density at radius 1 is 1.05 bits per heavy atom. The summed E-state index contributed by atoms with van der Waals surface area (Å²) in [7, 11) is 0. The van der Waals surface area contributed by atoms with E-state index in [0.29, 0.717) is 0 Å². The number of amides is 1. The number of hydrogen-bond acceptors (Lipinski definition) is 2. The first-order valence-electron chi connectivity index (χ1n) is 7.52. The molecular weight excluding hydrogens is 260 g/mol. The molecule has 2 aromatic rings. The van der Waals surface area contributed by atoms with Gasteiger partial charge in [0.2, 0.25) is 0 Å². The Balaban J connectivity index is 1.91. The normalized spacial score (nSPS) is 16.9. The standard InChI is InChI=1S/C18H20N2O/c1-2-3-13-20-17(19-14-9-5-4-6-10-14)15-11-7-8-12-16(15)18(20)21/h4-12,17,19H,2-3,13H2,1H3/t17-/m1/s1. The molecule has 1 aliphatic rings. The van der Waals surface area contributed by atoms with Gasteiger partial charge in [0.25, 0.3) is 5.91 Å². The number of benzene rings is 2. The van der Waals surface area contributed by atoms with E-state index in [1.165, 1.54) is 0 Å². The van der Waals surface area contributed by atoms with Gasteiger partial charge < -0.3 is 10.2 Å². The number of nitrogens with one attached hydrogen (secondary N) is 1. The third kappa shape index (κ3) is 2.64. The molecule has 3 heteroatoms. The summed E-state index contributed by atoms with van der Waals surface area (Å²) in [5, 5.41) is 3.49.